The minimum atomic E-state index is -3.17. The van der Waals surface area contributed by atoms with Gasteiger partial charge in [-0.05, 0) is 0 Å². The molecule has 0 radical (unpaired) electrons. The van der Waals surface area contributed by atoms with Crippen molar-refractivity contribution in [2.75, 3.05) is 0 Å². The van der Waals surface area contributed by atoms with Crippen LogP contribution in [0.5, 0.6) is 0 Å². The topological polar surface area (TPSA) is 0 Å². The van der Waals surface area contributed by atoms with Crippen molar-refractivity contribution in [2.24, 2.45) is 0 Å². The van der Waals surface area contributed by atoms with Crippen LogP contribution in [0.2, 0.25) is 0 Å². The van der Waals surface area contributed by atoms with Gasteiger partial charge in [-0.25, -0.2) is 0 Å². The molecule has 0 aliphatic heterocycles. The normalized spacial score (nSPS) is 16.0. The zero-order valence-electron chi connectivity index (χ0n) is 14.4. The van der Waals surface area contributed by atoms with E-state index in [2.05, 4.69) is 137 Å². The van der Waals surface area contributed by atoms with Crippen molar-refractivity contribution in [1.82, 2.24) is 0 Å². The maximum absolute atomic E-state index is 3.91. The molecule has 136 valence electrons. The van der Waals surface area contributed by atoms with Gasteiger partial charge in [0.15, 0.2) is 0 Å². The fraction of sp³-hybridized carbons (Fsp3) is 0.0909. The van der Waals surface area contributed by atoms with Crippen LogP contribution in [0.15, 0.2) is 98.5 Å². The van der Waals surface area contributed by atoms with Crippen molar-refractivity contribution in [1.29, 1.82) is 0 Å². The van der Waals surface area contributed by atoms with Gasteiger partial charge in [0.2, 0.25) is 0 Å². The molecule has 0 aromatic heterocycles. The molecular formula is C22H16Br4Ti. The Kier molecular flexibility index (Phi) is 6.33. The van der Waals surface area contributed by atoms with E-state index >= 15 is 0 Å². The second kappa shape index (κ2) is 8.41. The van der Waals surface area contributed by atoms with Gasteiger partial charge in [0.05, 0.1) is 0 Å². The van der Waals surface area contributed by atoms with Crippen LogP contribution in [0.3, 0.4) is 0 Å². The van der Waals surface area contributed by atoms with Gasteiger partial charge < -0.3 is 0 Å². The summed E-state index contributed by atoms with van der Waals surface area (Å²) in [6, 6.07) is 12.9. The van der Waals surface area contributed by atoms with Crippen LogP contribution < -0.4 is 7.74 Å². The number of benzene rings is 2. The summed E-state index contributed by atoms with van der Waals surface area (Å²) in [7, 11) is 0. The minimum absolute atomic E-state index is 1.01. The average molecular weight is 648 g/mol. The number of hydrogen-bond acceptors (Lipinski definition) is 0. The molecule has 2 aliphatic rings. The Morgan fingerprint density at radius 3 is 1.26 bits per heavy atom. The van der Waals surface area contributed by atoms with E-state index in [4.69, 9.17) is 0 Å². The van der Waals surface area contributed by atoms with Crippen LogP contribution >= 0.6 is 63.7 Å². The second-order valence-corrected chi connectivity index (χ2v) is 15.9. The van der Waals surface area contributed by atoms with E-state index in [1.54, 1.807) is 7.76 Å². The monoisotopic (exact) mass is 644 g/mol. The summed E-state index contributed by atoms with van der Waals surface area (Å²) in [6.07, 6.45) is 15.7. The van der Waals surface area contributed by atoms with E-state index in [9.17, 15) is 0 Å². The summed E-state index contributed by atoms with van der Waals surface area (Å²) in [6.45, 7) is 0. The average Bonchev–Trinajstić information content (AvgIpc) is 3.34. The molecule has 0 heterocycles. The number of allylic oxidation sites excluding steroid dienone is 8. The Hall–Kier alpha value is 0.0343. The fourth-order valence-electron chi connectivity index (χ4n) is 4.14. The molecule has 0 saturated carbocycles. The number of rotatable bonds is 4. The summed E-state index contributed by atoms with van der Waals surface area (Å²) >= 11 is 12.5. The molecule has 0 bridgehead atoms. The number of halogens is 4. The molecule has 0 atom stereocenters. The molecule has 2 aliphatic carbocycles. The third-order valence-electron chi connectivity index (χ3n) is 5.18. The molecule has 5 heteroatoms. The van der Waals surface area contributed by atoms with Crippen molar-refractivity contribution in [3.8, 4) is 0 Å². The van der Waals surface area contributed by atoms with E-state index in [0.29, 0.717) is 0 Å². The van der Waals surface area contributed by atoms with Crippen LogP contribution in [-0.2, 0) is 16.6 Å². The molecule has 27 heavy (non-hydrogen) atoms. The predicted octanol–water partition coefficient (Wildman–Crippen LogP) is 7.53. The summed E-state index contributed by atoms with van der Waals surface area (Å²) in [4.78, 5) is 0. The van der Waals surface area contributed by atoms with Crippen LogP contribution in [-0.4, -0.2) is 0 Å². The summed E-state index contributed by atoms with van der Waals surface area (Å²) in [5.41, 5.74) is 0. The van der Waals surface area contributed by atoms with Crippen LogP contribution in [0, 0.1) is 0 Å². The molecule has 2 aromatic carbocycles. The molecule has 4 rings (SSSR count). The molecule has 0 unspecified atom stereocenters. The quantitative estimate of drug-likeness (QED) is 0.301. The Balaban J connectivity index is 2.18. The third-order valence-corrected chi connectivity index (χ3v) is 18.3. The number of hydrogen-bond donors (Lipinski definition) is 0. The van der Waals surface area contributed by atoms with Gasteiger partial charge in [0, 0.05) is 0 Å². The molecule has 0 N–H and O–H groups in total. The van der Waals surface area contributed by atoms with Gasteiger partial charge in [0.1, 0.15) is 0 Å². The summed E-state index contributed by atoms with van der Waals surface area (Å²) in [5, 5.41) is 0. The van der Waals surface area contributed by atoms with E-state index in [0.717, 1.165) is 12.8 Å². The second-order valence-electron chi connectivity index (χ2n) is 6.59. The van der Waals surface area contributed by atoms with Crippen LogP contribution in [0.4, 0.5) is 0 Å². The standard InChI is InChI=1S/2C6H3Br2.2C5H5.Ti/c2*7-5-2-1-3-6(8)4-5;2*1-2-4-5-3-1;/h2*1-3H;2*1-3H,4H2;. The van der Waals surface area contributed by atoms with Crippen molar-refractivity contribution in [3.63, 3.8) is 0 Å². The van der Waals surface area contributed by atoms with Gasteiger partial charge in [-0.15, -0.1) is 0 Å². The van der Waals surface area contributed by atoms with Crippen molar-refractivity contribution < 1.29 is 16.6 Å². The first kappa shape index (κ1) is 20.3. The first-order valence-electron chi connectivity index (χ1n) is 8.68. The summed E-state index contributed by atoms with van der Waals surface area (Å²) in [5.74, 6) is 0. The first-order chi connectivity index (χ1) is 13.1. The fourth-order valence-corrected chi connectivity index (χ4v) is 19.2. The van der Waals surface area contributed by atoms with E-state index < -0.39 is 16.6 Å². The van der Waals surface area contributed by atoms with Gasteiger partial charge in [-0.2, -0.15) is 0 Å². The Morgan fingerprint density at radius 1 is 0.593 bits per heavy atom. The van der Waals surface area contributed by atoms with E-state index in [1.807, 2.05) is 0 Å². The van der Waals surface area contributed by atoms with Crippen molar-refractivity contribution >= 4 is 71.5 Å². The molecule has 2 aromatic rings. The maximum atomic E-state index is 3.91. The van der Waals surface area contributed by atoms with E-state index in [1.165, 1.54) is 25.6 Å². The Bertz CT molecular complexity index is 907. The van der Waals surface area contributed by atoms with Gasteiger partial charge >= 0.3 is 199 Å². The van der Waals surface area contributed by atoms with Gasteiger partial charge in [-0.3, -0.25) is 0 Å². The predicted molar refractivity (Wildman–Crippen MR) is 127 cm³/mol. The Labute approximate surface area is 197 Å². The van der Waals surface area contributed by atoms with Crippen LogP contribution in [0.1, 0.15) is 12.8 Å². The van der Waals surface area contributed by atoms with Crippen molar-refractivity contribution in [3.05, 3.63) is 98.5 Å². The summed E-state index contributed by atoms with van der Waals surface area (Å²) < 4.78 is 10.7. The van der Waals surface area contributed by atoms with Gasteiger partial charge in [0.25, 0.3) is 0 Å². The zero-order chi connectivity index (χ0) is 19.0. The van der Waals surface area contributed by atoms with Crippen LogP contribution in [0.25, 0.3) is 0 Å². The van der Waals surface area contributed by atoms with E-state index in [-0.39, 0.29) is 0 Å². The Morgan fingerprint density at radius 2 is 0.963 bits per heavy atom. The zero-order valence-corrected chi connectivity index (χ0v) is 22.3. The van der Waals surface area contributed by atoms with Crippen molar-refractivity contribution in [2.45, 2.75) is 12.8 Å². The molecule has 0 amide bonds. The molecule has 0 spiro atoms. The SMILES string of the molecule is Brc1cccc(Br)[c]1[Ti]([C]1=CC=CC1)([C]1=CC=CC1)[c]1c(Br)cccc1Br. The third kappa shape index (κ3) is 3.45. The molecule has 0 saturated heterocycles. The van der Waals surface area contributed by atoms with Gasteiger partial charge in [-0.1, -0.05) is 0 Å². The first-order valence-corrected chi connectivity index (χ1v) is 15.0. The molecule has 0 nitrogen and oxygen atoms in total. The molecule has 0 fully saturated rings. The molecular weight excluding hydrogens is 632 g/mol.